The van der Waals surface area contributed by atoms with Gasteiger partial charge in [-0.25, -0.2) is 5.48 Å². The molecule has 3 nitrogen and oxygen atoms in total. The highest BCUT2D eigenvalue weighted by molar-refractivity contribution is 5.79. The second-order valence-electron chi connectivity index (χ2n) is 1.39. The highest BCUT2D eigenvalue weighted by Crippen LogP contribution is 1.78. The number of carbonyl (C=O) groups excluding carboxylic acids is 1. The lowest BCUT2D eigenvalue weighted by Gasteiger charge is -1.95. The lowest BCUT2D eigenvalue weighted by atomic mass is 10.3. The maximum Gasteiger partial charge on any atom is 0.160 e. The van der Waals surface area contributed by atoms with Gasteiger partial charge in [0.1, 0.15) is 6.61 Å². The average molecular weight is 117 g/mol. The number of carbonyl (C=O) groups is 1. The third-order valence-corrected chi connectivity index (χ3v) is 0.772. The van der Waals surface area contributed by atoms with E-state index in [9.17, 15) is 4.79 Å². The summed E-state index contributed by atoms with van der Waals surface area (Å²) in [6.45, 7) is 1.98. The molecule has 0 aromatic rings. The molecule has 0 saturated carbocycles. The summed E-state index contributed by atoms with van der Waals surface area (Å²) in [5.74, 6) is 0.111. The van der Waals surface area contributed by atoms with Crippen molar-refractivity contribution in [3.8, 4) is 0 Å². The van der Waals surface area contributed by atoms with Gasteiger partial charge in [-0.15, -0.1) is 0 Å². The van der Waals surface area contributed by atoms with Crippen molar-refractivity contribution < 1.29 is 9.63 Å². The van der Waals surface area contributed by atoms with Crippen LogP contribution in [0.1, 0.15) is 13.3 Å². The van der Waals surface area contributed by atoms with E-state index in [2.05, 4.69) is 10.3 Å². The van der Waals surface area contributed by atoms with Crippen molar-refractivity contribution >= 4 is 5.78 Å². The van der Waals surface area contributed by atoms with Gasteiger partial charge < -0.3 is 0 Å². The summed E-state index contributed by atoms with van der Waals surface area (Å²) in [6.07, 6.45) is 0.543. The van der Waals surface area contributed by atoms with E-state index in [1.54, 1.807) is 14.0 Å². The topological polar surface area (TPSA) is 38.3 Å². The first-order valence-corrected chi connectivity index (χ1v) is 2.61. The van der Waals surface area contributed by atoms with Crippen LogP contribution in [0.5, 0.6) is 0 Å². The van der Waals surface area contributed by atoms with Crippen LogP contribution >= 0.6 is 0 Å². The van der Waals surface area contributed by atoms with E-state index in [-0.39, 0.29) is 12.4 Å². The Bertz CT molecular complexity index is 72.8. The first-order valence-electron chi connectivity index (χ1n) is 2.61. The lowest BCUT2D eigenvalue weighted by molar-refractivity contribution is -0.125. The molecule has 0 aliphatic heterocycles. The van der Waals surface area contributed by atoms with Crippen LogP contribution in [0.15, 0.2) is 0 Å². The van der Waals surface area contributed by atoms with Crippen molar-refractivity contribution in [2.75, 3.05) is 13.7 Å². The van der Waals surface area contributed by atoms with Gasteiger partial charge >= 0.3 is 0 Å². The van der Waals surface area contributed by atoms with Crippen LogP contribution in [0.3, 0.4) is 0 Å². The molecule has 0 spiro atoms. The van der Waals surface area contributed by atoms with Crippen LogP contribution in [-0.2, 0) is 9.63 Å². The first kappa shape index (κ1) is 7.59. The third kappa shape index (κ3) is 3.77. The van der Waals surface area contributed by atoms with Crippen molar-refractivity contribution in [1.29, 1.82) is 0 Å². The van der Waals surface area contributed by atoms with E-state index in [4.69, 9.17) is 0 Å². The second-order valence-corrected chi connectivity index (χ2v) is 1.39. The summed E-state index contributed by atoms with van der Waals surface area (Å²) < 4.78 is 0. The molecule has 0 unspecified atom stereocenters. The summed E-state index contributed by atoms with van der Waals surface area (Å²) in [4.78, 5) is 15.0. The fraction of sp³-hybridized carbons (Fsp3) is 0.800. The predicted molar refractivity (Wildman–Crippen MR) is 30.3 cm³/mol. The van der Waals surface area contributed by atoms with Crippen molar-refractivity contribution in [1.82, 2.24) is 5.48 Å². The molecular weight excluding hydrogens is 106 g/mol. The number of hydrogen-bond acceptors (Lipinski definition) is 3. The largest absolute Gasteiger partial charge is 0.297 e. The number of nitrogens with one attached hydrogen (secondary N) is 1. The summed E-state index contributed by atoms with van der Waals surface area (Å²) in [7, 11) is 1.63. The molecule has 0 amide bonds. The molecule has 48 valence electrons. The molecular formula is C5H11NO2. The van der Waals surface area contributed by atoms with E-state index in [0.29, 0.717) is 6.42 Å². The molecule has 0 radical (unpaired) electrons. The van der Waals surface area contributed by atoms with E-state index < -0.39 is 0 Å². The Kier molecular flexibility index (Phi) is 4.50. The number of rotatable bonds is 4. The first-order chi connectivity index (χ1) is 3.81. The monoisotopic (exact) mass is 117 g/mol. The fourth-order valence-corrected chi connectivity index (χ4v) is 0.255. The Labute approximate surface area is 49.0 Å². The normalized spacial score (nSPS) is 9.25. The smallest absolute Gasteiger partial charge is 0.160 e. The molecule has 1 N–H and O–H groups in total. The molecule has 0 aliphatic rings. The molecule has 8 heavy (non-hydrogen) atoms. The molecule has 0 atom stereocenters. The Hall–Kier alpha value is -0.410. The van der Waals surface area contributed by atoms with Gasteiger partial charge in [-0.05, 0) is 0 Å². The minimum Gasteiger partial charge on any atom is -0.297 e. The molecule has 0 heterocycles. The van der Waals surface area contributed by atoms with Crippen LogP contribution in [0.25, 0.3) is 0 Å². The van der Waals surface area contributed by atoms with Gasteiger partial charge in [-0.2, -0.15) is 0 Å². The van der Waals surface area contributed by atoms with Crippen molar-refractivity contribution in [2.24, 2.45) is 0 Å². The van der Waals surface area contributed by atoms with Crippen LogP contribution < -0.4 is 5.48 Å². The number of hydrogen-bond donors (Lipinski definition) is 1. The van der Waals surface area contributed by atoms with Crippen LogP contribution in [0, 0.1) is 0 Å². The van der Waals surface area contributed by atoms with Gasteiger partial charge in [0.2, 0.25) is 0 Å². The Morgan fingerprint density at radius 3 is 2.75 bits per heavy atom. The molecule has 3 heteroatoms. The number of Topliss-reactive ketones (excluding diaryl/α,β-unsaturated/α-hetero) is 1. The van der Waals surface area contributed by atoms with Crippen LogP contribution in [0.4, 0.5) is 0 Å². The van der Waals surface area contributed by atoms with E-state index >= 15 is 0 Å². The second kappa shape index (κ2) is 4.74. The van der Waals surface area contributed by atoms with E-state index in [1.165, 1.54) is 0 Å². The van der Waals surface area contributed by atoms with Gasteiger partial charge in [0.05, 0.1) is 0 Å². The van der Waals surface area contributed by atoms with Crippen molar-refractivity contribution in [2.45, 2.75) is 13.3 Å². The van der Waals surface area contributed by atoms with Gasteiger partial charge in [0.25, 0.3) is 0 Å². The Morgan fingerprint density at radius 1 is 1.75 bits per heavy atom. The molecule has 0 fully saturated rings. The summed E-state index contributed by atoms with van der Waals surface area (Å²) in [5.41, 5.74) is 2.41. The molecule has 0 aliphatic carbocycles. The molecule has 0 aromatic carbocycles. The van der Waals surface area contributed by atoms with Crippen molar-refractivity contribution in [3.63, 3.8) is 0 Å². The fourth-order valence-electron chi connectivity index (χ4n) is 0.255. The third-order valence-electron chi connectivity index (χ3n) is 0.772. The summed E-state index contributed by atoms with van der Waals surface area (Å²) in [5, 5.41) is 0. The SMILES string of the molecule is CCC(=O)CONC. The number of ketones is 1. The zero-order chi connectivity index (χ0) is 6.41. The summed E-state index contributed by atoms with van der Waals surface area (Å²) in [6, 6.07) is 0. The zero-order valence-electron chi connectivity index (χ0n) is 5.23. The average Bonchev–Trinajstić information content (AvgIpc) is 1.83. The maximum atomic E-state index is 10.4. The standard InChI is InChI=1S/C5H11NO2/c1-3-5(7)4-8-6-2/h6H,3-4H2,1-2H3. The maximum absolute atomic E-state index is 10.4. The predicted octanol–water partition coefficient (Wildman–Crippen LogP) is 0.116. The van der Waals surface area contributed by atoms with Gasteiger partial charge in [-0.3, -0.25) is 9.63 Å². The van der Waals surface area contributed by atoms with E-state index in [0.717, 1.165) is 0 Å². The van der Waals surface area contributed by atoms with Crippen molar-refractivity contribution in [3.05, 3.63) is 0 Å². The highest BCUT2D eigenvalue weighted by Gasteiger charge is 1.94. The minimum absolute atomic E-state index is 0.111. The summed E-state index contributed by atoms with van der Waals surface area (Å²) >= 11 is 0. The molecule has 0 saturated heterocycles. The van der Waals surface area contributed by atoms with E-state index in [1.807, 2.05) is 0 Å². The van der Waals surface area contributed by atoms with Gasteiger partial charge in [-0.1, -0.05) is 6.92 Å². The molecule has 0 aromatic heterocycles. The number of hydroxylamine groups is 1. The highest BCUT2D eigenvalue weighted by atomic mass is 16.6. The van der Waals surface area contributed by atoms with Crippen LogP contribution in [-0.4, -0.2) is 19.4 Å². The lowest BCUT2D eigenvalue weighted by Crippen LogP contribution is -2.14. The molecule has 0 bridgehead atoms. The zero-order valence-corrected chi connectivity index (χ0v) is 5.23. The van der Waals surface area contributed by atoms with Gasteiger partial charge in [0.15, 0.2) is 5.78 Å². The van der Waals surface area contributed by atoms with Crippen LogP contribution in [0.2, 0.25) is 0 Å². The van der Waals surface area contributed by atoms with Gasteiger partial charge in [0, 0.05) is 13.5 Å². The minimum atomic E-state index is 0.111. The Balaban J connectivity index is 2.99. The quantitative estimate of drug-likeness (QED) is 0.531. The Morgan fingerprint density at radius 2 is 2.38 bits per heavy atom. The molecule has 0 rings (SSSR count).